The Hall–Kier alpha value is -2.89. The zero-order valence-electron chi connectivity index (χ0n) is 14.2. The Labute approximate surface area is 146 Å². The fourth-order valence-corrected chi connectivity index (χ4v) is 3.43. The number of benzene rings is 1. The molecule has 1 fully saturated rings. The minimum atomic E-state index is 0.101. The van der Waals surface area contributed by atoms with Gasteiger partial charge in [-0.25, -0.2) is 4.98 Å². The minimum Gasteiger partial charge on any atom is -0.334 e. The monoisotopic (exact) mass is 335 g/mol. The molecule has 2 aromatic heterocycles. The van der Waals surface area contributed by atoms with Crippen molar-refractivity contribution >= 4 is 5.91 Å². The molecular weight excluding hydrogens is 314 g/mol. The van der Waals surface area contributed by atoms with Gasteiger partial charge in [0.05, 0.1) is 25.1 Å². The Morgan fingerprint density at radius 1 is 1.28 bits per heavy atom. The molecule has 6 nitrogen and oxygen atoms in total. The average Bonchev–Trinajstić information content (AvgIpc) is 3.37. The molecule has 4 rings (SSSR count). The number of hydrogen-bond donors (Lipinski definition) is 0. The summed E-state index contributed by atoms with van der Waals surface area (Å²) in [7, 11) is 0. The molecule has 0 spiro atoms. The van der Waals surface area contributed by atoms with Crippen LogP contribution in [0.2, 0.25) is 0 Å². The standard InChI is InChI=1S/C19H21N5O/c1-15-11-21-23(12-15)13-18-3-2-9-24(18)19(25)16-4-6-17(7-5-16)22-10-8-20-14-22/h4-8,10-12,14,18H,2-3,9,13H2,1H3. The molecule has 1 aromatic carbocycles. The number of hydrogen-bond acceptors (Lipinski definition) is 3. The van der Waals surface area contributed by atoms with E-state index in [4.69, 9.17) is 0 Å². The number of aromatic nitrogens is 4. The smallest absolute Gasteiger partial charge is 0.254 e. The van der Waals surface area contributed by atoms with E-state index in [1.54, 1.807) is 12.5 Å². The maximum absolute atomic E-state index is 12.9. The van der Waals surface area contributed by atoms with Crippen molar-refractivity contribution in [3.8, 4) is 5.69 Å². The van der Waals surface area contributed by atoms with Crippen LogP contribution in [0.4, 0.5) is 0 Å². The second-order valence-electron chi connectivity index (χ2n) is 6.55. The average molecular weight is 335 g/mol. The number of amides is 1. The molecule has 0 N–H and O–H groups in total. The molecule has 1 saturated heterocycles. The van der Waals surface area contributed by atoms with E-state index in [1.165, 1.54) is 0 Å². The van der Waals surface area contributed by atoms with Crippen molar-refractivity contribution in [1.82, 2.24) is 24.2 Å². The predicted octanol–water partition coefficient (Wildman–Crippen LogP) is 2.68. The van der Waals surface area contributed by atoms with Crippen molar-refractivity contribution in [2.24, 2.45) is 0 Å². The first kappa shape index (κ1) is 15.6. The molecule has 3 aromatic rings. The van der Waals surface area contributed by atoms with E-state index in [0.717, 1.165) is 42.7 Å². The number of rotatable bonds is 4. The van der Waals surface area contributed by atoms with Crippen molar-refractivity contribution in [3.05, 3.63) is 66.5 Å². The third-order valence-corrected chi connectivity index (χ3v) is 4.71. The first-order valence-electron chi connectivity index (χ1n) is 8.59. The highest BCUT2D eigenvalue weighted by molar-refractivity contribution is 5.94. The van der Waals surface area contributed by atoms with E-state index in [9.17, 15) is 4.79 Å². The zero-order valence-corrected chi connectivity index (χ0v) is 14.2. The van der Waals surface area contributed by atoms with Crippen LogP contribution in [0.15, 0.2) is 55.4 Å². The largest absolute Gasteiger partial charge is 0.334 e. The van der Waals surface area contributed by atoms with Crippen LogP contribution in [0.3, 0.4) is 0 Å². The zero-order chi connectivity index (χ0) is 17.2. The quantitative estimate of drug-likeness (QED) is 0.736. The molecule has 0 saturated carbocycles. The number of nitrogens with zero attached hydrogens (tertiary/aromatic N) is 5. The molecule has 1 unspecified atom stereocenters. The van der Waals surface area contributed by atoms with Crippen molar-refractivity contribution < 1.29 is 4.79 Å². The van der Waals surface area contributed by atoms with E-state index in [1.807, 2.05) is 63.9 Å². The SMILES string of the molecule is Cc1cnn(CC2CCCN2C(=O)c2ccc(-n3ccnc3)cc2)c1. The summed E-state index contributed by atoms with van der Waals surface area (Å²) in [5.74, 6) is 0.101. The second-order valence-corrected chi connectivity index (χ2v) is 6.55. The van der Waals surface area contributed by atoms with Gasteiger partial charge in [-0.1, -0.05) is 0 Å². The van der Waals surface area contributed by atoms with Crippen molar-refractivity contribution in [1.29, 1.82) is 0 Å². The topological polar surface area (TPSA) is 56.0 Å². The van der Waals surface area contributed by atoms with E-state index in [2.05, 4.69) is 10.1 Å². The van der Waals surface area contributed by atoms with Gasteiger partial charge < -0.3 is 9.47 Å². The Kier molecular flexibility index (Phi) is 4.09. The van der Waals surface area contributed by atoms with Crippen LogP contribution >= 0.6 is 0 Å². The van der Waals surface area contributed by atoms with E-state index in [-0.39, 0.29) is 11.9 Å². The first-order valence-corrected chi connectivity index (χ1v) is 8.59. The minimum absolute atomic E-state index is 0.101. The highest BCUT2D eigenvalue weighted by atomic mass is 16.2. The molecule has 25 heavy (non-hydrogen) atoms. The summed E-state index contributed by atoms with van der Waals surface area (Å²) in [6, 6.07) is 7.91. The van der Waals surface area contributed by atoms with Gasteiger partial charge in [-0.15, -0.1) is 0 Å². The van der Waals surface area contributed by atoms with Gasteiger partial charge in [0.1, 0.15) is 0 Å². The molecule has 0 bridgehead atoms. The number of aryl methyl sites for hydroxylation is 1. The maximum Gasteiger partial charge on any atom is 0.254 e. The predicted molar refractivity (Wildman–Crippen MR) is 94.6 cm³/mol. The van der Waals surface area contributed by atoms with Crippen LogP contribution in [0, 0.1) is 6.92 Å². The summed E-state index contributed by atoms with van der Waals surface area (Å²) in [5, 5.41) is 4.36. The van der Waals surface area contributed by atoms with E-state index < -0.39 is 0 Å². The molecule has 0 aliphatic carbocycles. The second kappa shape index (κ2) is 6.55. The van der Waals surface area contributed by atoms with Gasteiger partial charge in [-0.3, -0.25) is 9.48 Å². The van der Waals surface area contributed by atoms with Crippen molar-refractivity contribution in [3.63, 3.8) is 0 Å². The number of imidazole rings is 1. The lowest BCUT2D eigenvalue weighted by atomic mass is 10.1. The Morgan fingerprint density at radius 3 is 2.80 bits per heavy atom. The fourth-order valence-electron chi connectivity index (χ4n) is 3.43. The lowest BCUT2D eigenvalue weighted by Gasteiger charge is -2.25. The van der Waals surface area contributed by atoms with Gasteiger partial charge in [0.2, 0.25) is 0 Å². The normalized spacial score (nSPS) is 17.2. The highest BCUT2D eigenvalue weighted by Crippen LogP contribution is 2.22. The summed E-state index contributed by atoms with van der Waals surface area (Å²) >= 11 is 0. The summed E-state index contributed by atoms with van der Waals surface area (Å²) < 4.78 is 3.86. The van der Waals surface area contributed by atoms with Gasteiger partial charge >= 0.3 is 0 Å². The molecule has 1 amide bonds. The first-order chi connectivity index (χ1) is 12.2. The van der Waals surface area contributed by atoms with Gasteiger partial charge in [0, 0.05) is 36.4 Å². The van der Waals surface area contributed by atoms with Gasteiger partial charge in [-0.2, -0.15) is 5.10 Å². The van der Waals surface area contributed by atoms with Crippen LogP contribution in [-0.2, 0) is 6.54 Å². The van der Waals surface area contributed by atoms with E-state index >= 15 is 0 Å². The molecule has 1 atom stereocenters. The maximum atomic E-state index is 12.9. The Bertz CT molecular complexity index is 850. The van der Waals surface area contributed by atoms with Crippen LogP contribution in [0.25, 0.3) is 5.69 Å². The molecule has 128 valence electrons. The van der Waals surface area contributed by atoms with Gasteiger partial charge in [-0.05, 0) is 49.6 Å². The Balaban J connectivity index is 1.49. The molecule has 0 radical (unpaired) electrons. The Morgan fingerprint density at radius 2 is 2.12 bits per heavy atom. The number of likely N-dealkylation sites (tertiary alicyclic amines) is 1. The van der Waals surface area contributed by atoms with Crippen LogP contribution in [0.1, 0.15) is 28.8 Å². The highest BCUT2D eigenvalue weighted by Gasteiger charge is 2.29. The molecule has 3 heterocycles. The summed E-state index contributed by atoms with van der Waals surface area (Å²) in [6.07, 6.45) is 11.3. The fraction of sp³-hybridized carbons (Fsp3) is 0.316. The molecule has 1 aliphatic heterocycles. The van der Waals surface area contributed by atoms with Crippen molar-refractivity contribution in [2.45, 2.75) is 32.4 Å². The summed E-state index contributed by atoms with van der Waals surface area (Å²) in [5.41, 5.74) is 2.87. The molecular formula is C19H21N5O. The van der Waals surface area contributed by atoms with Crippen LogP contribution < -0.4 is 0 Å². The van der Waals surface area contributed by atoms with E-state index in [0.29, 0.717) is 0 Å². The van der Waals surface area contributed by atoms with Gasteiger partial charge in [0.15, 0.2) is 0 Å². The number of carbonyl (C=O) groups is 1. The molecule has 6 heteroatoms. The molecule has 1 aliphatic rings. The van der Waals surface area contributed by atoms with Crippen LogP contribution in [0.5, 0.6) is 0 Å². The number of carbonyl (C=O) groups excluding carboxylic acids is 1. The third kappa shape index (κ3) is 3.20. The third-order valence-electron chi connectivity index (χ3n) is 4.71. The lowest BCUT2D eigenvalue weighted by Crippen LogP contribution is -2.38. The van der Waals surface area contributed by atoms with Gasteiger partial charge in [0.25, 0.3) is 5.91 Å². The lowest BCUT2D eigenvalue weighted by molar-refractivity contribution is 0.0721. The summed E-state index contributed by atoms with van der Waals surface area (Å²) in [6.45, 7) is 3.60. The van der Waals surface area contributed by atoms with Crippen molar-refractivity contribution in [2.75, 3.05) is 6.54 Å². The summed E-state index contributed by atoms with van der Waals surface area (Å²) in [4.78, 5) is 19.0. The van der Waals surface area contributed by atoms with Crippen LogP contribution in [-0.4, -0.2) is 42.7 Å².